The monoisotopic (exact) mass is 259 g/mol. The number of rotatable bonds is 3. The molecule has 2 aliphatic rings. The molecule has 19 heavy (non-hydrogen) atoms. The van der Waals surface area contributed by atoms with E-state index in [1.807, 2.05) is 0 Å². The fourth-order valence-electron chi connectivity index (χ4n) is 4.00. The second-order valence-electron chi connectivity index (χ2n) is 6.15. The van der Waals surface area contributed by atoms with E-state index in [0.717, 1.165) is 6.54 Å². The number of fused-ring (bicyclic) bond motifs is 1. The maximum Gasteiger partial charge on any atom is 0.0687 e. The molecule has 0 radical (unpaired) electrons. The highest BCUT2D eigenvalue weighted by Gasteiger charge is 2.50. The first kappa shape index (κ1) is 12.9. The van der Waals surface area contributed by atoms with Crippen LogP contribution in [-0.2, 0) is 0 Å². The number of nitrogens with two attached hydrogens (primary N) is 1. The molecular formula is C16H25N3. The zero-order valence-electron chi connectivity index (χ0n) is 12.1. The zero-order chi connectivity index (χ0) is 13.5. The molecule has 2 atom stereocenters. The molecule has 104 valence electrons. The summed E-state index contributed by atoms with van der Waals surface area (Å²) in [7, 11) is 2.22. The quantitative estimate of drug-likeness (QED) is 0.901. The molecule has 0 bridgehead atoms. The van der Waals surface area contributed by atoms with E-state index < -0.39 is 0 Å². The molecule has 0 spiro atoms. The fraction of sp³-hybridized carbons (Fsp3) is 0.625. The number of benzene rings is 1. The Morgan fingerprint density at radius 2 is 2.05 bits per heavy atom. The van der Waals surface area contributed by atoms with Crippen LogP contribution in [0.4, 0.5) is 5.69 Å². The maximum atomic E-state index is 6.22. The topological polar surface area (TPSA) is 32.5 Å². The molecule has 2 N–H and O–H groups in total. The van der Waals surface area contributed by atoms with E-state index in [1.165, 1.54) is 43.6 Å². The summed E-state index contributed by atoms with van der Waals surface area (Å²) < 4.78 is 0. The highest BCUT2D eigenvalue weighted by atomic mass is 15.3. The van der Waals surface area contributed by atoms with E-state index in [4.69, 9.17) is 5.73 Å². The van der Waals surface area contributed by atoms with Crippen molar-refractivity contribution < 1.29 is 0 Å². The van der Waals surface area contributed by atoms with E-state index in [-0.39, 0.29) is 5.54 Å². The Balaban J connectivity index is 1.91. The minimum absolute atomic E-state index is 0.131. The second-order valence-corrected chi connectivity index (χ2v) is 6.15. The van der Waals surface area contributed by atoms with Gasteiger partial charge in [0.1, 0.15) is 0 Å². The van der Waals surface area contributed by atoms with Crippen LogP contribution in [-0.4, -0.2) is 43.2 Å². The first-order valence-corrected chi connectivity index (χ1v) is 7.42. The van der Waals surface area contributed by atoms with Crippen LogP contribution in [0.3, 0.4) is 0 Å². The molecule has 2 unspecified atom stereocenters. The SMILES string of the molecule is Cc1ccc(N(C)C2(CN)CCN3CCCC32)cc1. The number of hydrogen-bond acceptors (Lipinski definition) is 3. The lowest BCUT2D eigenvalue weighted by atomic mass is 9.86. The molecule has 2 fully saturated rings. The van der Waals surface area contributed by atoms with E-state index in [2.05, 4.69) is 48.0 Å². The maximum absolute atomic E-state index is 6.22. The molecule has 3 nitrogen and oxygen atoms in total. The van der Waals surface area contributed by atoms with Crippen molar-refractivity contribution in [2.75, 3.05) is 31.6 Å². The normalized spacial score (nSPS) is 30.6. The molecule has 1 aromatic rings. The molecule has 3 heteroatoms. The Labute approximate surface area is 116 Å². The zero-order valence-corrected chi connectivity index (χ0v) is 12.1. The van der Waals surface area contributed by atoms with Crippen LogP contribution in [0.2, 0.25) is 0 Å². The van der Waals surface area contributed by atoms with Gasteiger partial charge < -0.3 is 10.6 Å². The third kappa shape index (κ3) is 1.96. The number of nitrogens with zero attached hydrogens (tertiary/aromatic N) is 2. The van der Waals surface area contributed by atoms with Gasteiger partial charge in [0.05, 0.1) is 5.54 Å². The average molecular weight is 259 g/mol. The van der Waals surface area contributed by atoms with Crippen molar-refractivity contribution in [2.45, 2.75) is 37.8 Å². The van der Waals surface area contributed by atoms with Crippen LogP contribution < -0.4 is 10.6 Å². The van der Waals surface area contributed by atoms with E-state index in [0.29, 0.717) is 6.04 Å². The lowest BCUT2D eigenvalue weighted by Gasteiger charge is -2.44. The average Bonchev–Trinajstić information content (AvgIpc) is 3.01. The van der Waals surface area contributed by atoms with Gasteiger partial charge in [0.2, 0.25) is 0 Å². The van der Waals surface area contributed by atoms with Gasteiger partial charge in [0.15, 0.2) is 0 Å². The van der Waals surface area contributed by atoms with Crippen LogP contribution >= 0.6 is 0 Å². The van der Waals surface area contributed by atoms with E-state index in [9.17, 15) is 0 Å². The number of hydrogen-bond donors (Lipinski definition) is 1. The van der Waals surface area contributed by atoms with Crippen molar-refractivity contribution in [1.29, 1.82) is 0 Å². The summed E-state index contributed by atoms with van der Waals surface area (Å²) in [6.45, 7) is 5.35. The Kier molecular flexibility index (Phi) is 3.27. The van der Waals surface area contributed by atoms with Crippen molar-refractivity contribution in [3.63, 3.8) is 0 Å². The third-order valence-corrected chi connectivity index (χ3v) is 5.26. The van der Waals surface area contributed by atoms with Gasteiger partial charge in [-0.2, -0.15) is 0 Å². The molecule has 0 amide bonds. The van der Waals surface area contributed by atoms with Crippen molar-refractivity contribution >= 4 is 5.69 Å². The fourth-order valence-corrected chi connectivity index (χ4v) is 4.00. The van der Waals surface area contributed by atoms with Crippen molar-refractivity contribution in [3.05, 3.63) is 29.8 Å². The van der Waals surface area contributed by atoms with Gasteiger partial charge in [-0.1, -0.05) is 17.7 Å². The minimum Gasteiger partial charge on any atom is -0.366 e. The number of aryl methyl sites for hydroxylation is 1. The van der Waals surface area contributed by atoms with Gasteiger partial charge in [-0.15, -0.1) is 0 Å². The summed E-state index contributed by atoms with van der Waals surface area (Å²) in [5.41, 5.74) is 8.96. The van der Waals surface area contributed by atoms with Crippen LogP contribution in [0.25, 0.3) is 0 Å². The van der Waals surface area contributed by atoms with Crippen LogP contribution in [0.1, 0.15) is 24.8 Å². The predicted octanol–water partition coefficient (Wildman–Crippen LogP) is 2.00. The number of likely N-dealkylation sites (N-methyl/N-ethyl adjacent to an activating group) is 1. The van der Waals surface area contributed by atoms with Gasteiger partial charge in [-0.25, -0.2) is 0 Å². The van der Waals surface area contributed by atoms with Gasteiger partial charge in [-0.3, -0.25) is 4.90 Å². The van der Waals surface area contributed by atoms with Gasteiger partial charge in [0.25, 0.3) is 0 Å². The van der Waals surface area contributed by atoms with Crippen molar-refractivity contribution in [2.24, 2.45) is 5.73 Å². The lowest BCUT2D eigenvalue weighted by Crippen LogP contribution is -2.58. The summed E-state index contributed by atoms with van der Waals surface area (Å²) in [4.78, 5) is 5.08. The van der Waals surface area contributed by atoms with Gasteiger partial charge in [-0.05, 0) is 44.9 Å². The predicted molar refractivity (Wildman–Crippen MR) is 80.6 cm³/mol. The Hall–Kier alpha value is -1.06. The molecule has 0 aromatic heterocycles. The summed E-state index contributed by atoms with van der Waals surface area (Å²) in [6.07, 6.45) is 3.82. The smallest absolute Gasteiger partial charge is 0.0687 e. The Morgan fingerprint density at radius 1 is 1.32 bits per heavy atom. The molecule has 0 aliphatic carbocycles. The third-order valence-electron chi connectivity index (χ3n) is 5.26. The Morgan fingerprint density at radius 3 is 2.74 bits per heavy atom. The highest BCUT2D eigenvalue weighted by Crippen LogP contribution is 2.40. The van der Waals surface area contributed by atoms with Gasteiger partial charge in [0, 0.05) is 31.9 Å². The summed E-state index contributed by atoms with van der Waals surface area (Å²) in [5.74, 6) is 0. The molecule has 2 saturated heterocycles. The van der Waals surface area contributed by atoms with Crippen molar-refractivity contribution in [1.82, 2.24) is 4.90 Å². The standard InChI is InChI=1S/C16H25N3/c1-13-5-7-14(8-6-13)18(2)16(12-17)9-11-19-10-3-4-15(16)19/h5-8,15H,3-4,9-12,17H2,1-2H3. The van der Waals surface area contributed by atoms with E-state index in [1.54, 1.807) is 0 Å². The first-order chi connectivity index (χ1) is 9.17. The molecular weight excluding hydrogens is 234 g/mol. The molecule has 0 saturated carbocycles. The highest BCUT2D eigenvalue weighted by molar-refractivity contribution is 5.51. The van der Waals surface area contributed by atoms with Crippen LogP contribution in [0.5, 0.6) is 0 Å². The molecule has 1 aromatic carbocycles. The summed E-state index contributed by atoms with van der Waals surface area (Å²) in [6, 6.07) is 9.48. The van der Waals surface area contributed by atoms with Crippen LogP contribution in [0.15, 0.2) is 24.3 Å². The molecule has 3 rings (SSSR count). The Bertz CT molecular complexity index is 442. The minimum atomic E-state index is 0.131. The molecule has 2 aliphatic heterocycles. The lowest BCUT2D eigenvalue weighted by molar-refractivity contribution is 0.262. The molecule has 2 heterocycles. The van der Waals surface area contributed by atoms with Gasteiger partial charge >= 0.3 is 0 Å². The first-order valence-electron chi connectivity index (χ1n) is 7.42. The van der Waals surface area contributed by atoms with Crippen molar-refractivity contribution in [3.8, 4) is 0 Å². The summed E-state index contributed by atoms with van der Waals surface area (Å²) in [5, 5.41) is 0. The van der Waals surface area contributed by atoms with Crippen LogP contribution in [0, 0.1) is 6.92 Å². The second kappa shape index (κ2) is 4.80. The summed E-state index contributed by atoms with van der Waals surface area (Å²) >= 11 is 0. The number of anilines is 1. The van der Waals surface area contributed by atoms with E-state index >= 15 is 0 Å². The largest absolute Gasteiger partial charge is 0.366 e.